The van der Waals surface area contributed by atoms with E-state index in [4.69, 9.17) is 4.74 Å². The standard InChI is InChI=1S/C15H18F2N2O3/c1-22-9-14(20)18-11-4-6-19(7-5-11)15(21)12-3-2-10(16)8-13(12)17/h2-3,8,11H,4-7,9H2,1H3,(H,18,20). The van der Waals surface area contributed by atoms with E-state index in [0.717, 1.165) is 12.1 Å². The van der Waals surface area contributed by atoms with E-state index in [1.54, 1.807) is 0 Å². The van der Waals surface area contributed by atoms with Gasteiger partial charge in [-0.1, -0.05) is 0 Å². The largest absolute Gasteiger partial charge is 0.375 e. The fourth-order valence-corrected chi connectivity index (χ4v) is 2.46. The van der Waals surface area contributed by atoms with E-state index in [1.165, 1.54) is 12.0 Å². The molecule has 0 unspecified atom stereocenters. The van der Waals surface area contributed by atoms with Crippen molar-refractivity contribution >= 4 is 11.8 Å². The second-order valence-corrected chi connectivity index (χ2v) is 5.19. The minimum atomic E-state index is -0.861. The van der Waals surface area contributed by atoms with Crippen molar-refractivity contribution in [1.82, 2.24) is 10.2 Å². The number of halogens is 2. The third kappa shape index (κ3) is 4.00. The fourth-order valence-electron chi connectivity index (χ4n) is 2.46. The van der Waals surface area contributed by atoms with Crippen molar-refractivity contribution in [2.45, 2.75) is 18.9 Å². The average Bonchev–Trinajstić information content (AvgIpc) is 2.47. The van der Waals surface area contributed by atoms with Crippen molar-refractivity contribution in [2.75, 3.05) is 26.8 Å². The number of ether oxygens (including phenoxy) is 1. The molecule has 1 fully saturated rings. The molecule has 0 radical (unpaired) electrons. The molecule has 7 heteroatoms. The molecule has 22 heavy (non-hydrogen) atoms. The summed E-state index contributed by atoms with van der Waals surface area (Å²) in [6.07, 6.45) is 1.17. The molecule has 0 aromatic heterocycles. The molecule has 0 bridgehead atoms. The van der Waals surface area contributed by atoms with Crippen LogP contribution >= 0.6 is 0 Å². The first-order valence-corrected chi connectivity index (χ1v) is 7.04. The van der Waals surface area contributed by atoms with Crippen LogP contribution in [-0.2, 0) is 9.53 Å². The maximum atomic E-state index is 13.6. The van der Waals surface area contributed by atoms with Gasteiger partial charge in [-0.15, -0.1) is 0 Å². The Bertz CT molecular complexity index is 558. The topological polar surface area (TPSA) is 58.6 Å². The molecule has 1 aliphatic heterocycles. The zero-order valence-corrected chi connectivity index (χ0v) is 12.3. The van der Waals surface area contributed by atoms with E-state index in [2.05, 4.69) is 5.32 Å². The van der Waals surface area contributed by atoms with Crippen molar-refractivity contribution in [2.24, 2.45) is 0 Å². The highest BCUT2D eigenvalue weighted by Gasteiger charge is 2.26. The Hall–Kier alpha value is -2.02. The second-order valence-electron chi connectivity index (χ2n) is 5.19. The van der Waals surface area contributed by atoms with Crippen LogP contribution in [0.4, 0.5) is 8.78 Å². The number of amides is 2. The molecule has 0 spiro atoms. The van der Waals surface area contributed by atoms with Crippen molar-refractivity contribution in [3.63, 3.8) is 0 Å². The van der Waals surface area contributed by atoms with Crippen LogP contribution in [0.15, 0.2) is 18.2 Å². The maximum Gasteiger partial charge on any atom is 0.256 e. The predicted molar refractivity (Wildman–Crippen MR) is 75.3 cm³/mol. The number of hydrogen-bond acceptors (Lipinski definition) is 3. The molecule has 2 amide bonds. The fraction of sp³-hybridized carbons (Fsp3) is 0.467. The van der Waals surface area contributed by atoms with Gasteiger partial charge in [0.15, 0.2) is 0 Å². The predicted octanol–water partition coefficient (Wildman–Crippen LogP) is 1.33. The Morgan fingerprint density at radius 1 is 1.32 bits per heavy atom. The third-order valence-electron chi connectivity index (χ3n) is 3.58. The highest BCUT2D eigenvalue weighted by Crippen LogP contribution is 2.17. The number of benzene rings is 1. The van der Waals surface area contributed by atoms with Crippen LogP contribution in [0, 0.1) is 11.6 Å². The Kier molecular flexibility index (Phi) is 5.43. The first kappa shape index (κ1) is 16.4. The number of methoxy groups -OCH3 is 1. The number of rotatable bonds is 4. The van der Waals surface area contributed by atoms with Gasteiger partial charge in [-0.05, 0) is 25.0 Å². The summed E-state index contributed by atoms with van der Waals surface area (Å²) in [4.78, 5) is 25.2. The average molecular weight is 312 g/mol. The lowest BCUT2D eigenvalue weighted by Crippen LogP contribution is -2.47. The zero-order chi connectivity index (χ0) is 16.1. The molecule has 1 heterocycles. The summed E-state index contributed by atoms with van der Waals surface area (Å²) in [5.41, 5.74) is -0.136. The molecule has 1 aliphatic rings. The van der Waals surface area contributed by atoms with E-state index >= 15 is 0 Å². The lowest BCUT2D eigenvalue weighted by Gasteiger charge is -2.32. The summed E-state index contributed by atoms with van der Waals surface area (Å²) in [5, 5.41) is 2.81. The Labute approximate surface area is 127 Å². The van der Waals surface area contributed by atoms with Crippen LogP contribution in [0.3, 0.4) is 0 Å². The van der Waals surface area contributed by atoms with Gasteiger partial charge in [0.25, 0.3) is 5.91 Å². The van der Waals surface area contributed by atoms with Gasteiger partial charge >= 0.3 is 0 Å². The van der Waals surface area contributed by atoms with Crippen LogP contribution in [0.25, 0.3) is 0 Å². The molecule has 1 aromatic rings. The highest BCUT2D eigenvalue weighted by molar-refractivity contribution is 5.94. The van der Waals surface area contributed by atoms with Gasteiger partial charge in [0.2, 0.25) is 5.91 Å². The SMILES string of the molecule is COCC(=O)NC1CCN(C(=O)c2ccc(F)cc2F)CC1. The number of carbonyl (C=O) groups is 2. The molecule has 0 aliphatic carbocycles. The molecule has 5 nitrogen and oxygen atoms in total. The molecule has 2 rings (SSSR count). The van der Waals surface area contributed by atoms with Crippen LogP contribution in [0.2, 0.25) is 0 Å². The van der Waals surface area contributed by atoms with Crippen LogP contribution in [-0.4, -0.2) is 49.6 Å². The molecule has 120 valence electrons. The number of likely N-dealkylation sites (tertiary alicyclic amines) is 1. The minimum absolute atomic E-state index is 0.0000640. The summed E-state index contributed by atoms with van der Waals surface area (Å²) in [7, 11) is 1.44. The first-order chi connectivity index (χ1) is 10.5. The number of carbonyl (C=O) groups excluding carboxylic acids is 2. The minimum Gasteiger partial charge on any atom is -0.375 e. The van der Waals surface area contributed by atoms with Gasteiger partial charge < -0.3 is 15.0 Å². The number of nitrogens with zero attached hydrogens (tertiary/aromatic N) is 1. The Morgan fingerprint density at radius 3 is 2.59 bits per heavy atom. The lowest BCUT2D eigenvalue weighted by atomic mass is 10.0. The Morgan fingerprint density at radius 2 is 2.00 bits per heavy atom. The zero-order valence-electron chi connectivity index (χ0n) is 12.3. The van der Waals surface area contributed by atoms with Crippen LogP contribution in [0.5, 0.6) is 0 Å². The second kappa shape index (κ2) is 7.31. The number of piperidine rings is 1. The van der Waals surface area contributed by atoms with Crippen molar-refractivity contribution in [3.05, 3.63) is 35.4 Å². The van der Waals surface area contributed by atoms with Crippen molar-refractivity contribution in [3.8, 4) is 0 Å². The van der Waals surface area contributed by atoms with Gasteiger partial charge in [0.05, 0.1) is 5.56 Å². The van der Waals surface area contributed by atoms with Gasteiger partial charge in [-0.3, -0.25) is 9.59 Å². The normalized spacial score (nSPS) is 15.7. The van der Waals surface area contributed by atoms with Gasteiger partial charge in [0, 0.05) is 32.3 Å². The van der Waals surface area contributed by atoms with Gasteiger partial charge in [-0.25, -0.2) is 8.78 Å². The van der Waals surface area contributed by atoms with Crippen molar-refractivity contribution in [1.29, 1.82) is 0 Å². The molecule has 0 atom stereocenters. The molecule has 1 saturated heterocycles. The molecular formula is C15H18F2N2O3. The molecule has 1 aromatic carbocycles. The van der Waals surface area contributed by atoms with E-state index < -0.39 is 17.5 Å². The molecular weight excluding hydrogens is 294 g/mol. The molecule has 1 N–H and O–H groups in total. The van der Waals surface area contributed by atoms with E-state index in [0.29, 0.717) is 32.0 Å². The summed E-state index contributed by atoms with van der Waals surface area (Å²) in [5.74, 6) is -2.23. The summed E-state index contributed by atoms with van der Waals surface area (Å²) in [6, 6.07) is 2.89. The quantitative estimate of drug-likeness (QED) is 0.912. The lowest BCUT2D eigenvalue weighted by molar-refractivity contribution is -0.125. The summed E-state index contributed by atoms with van der Waals surface area (Å²) < 4.78 is 31.2. The third-order valence-corrected chi connectivity index (χ3v) is 3.58. The first-order valence-electron chi connectivity index (χ1n) is 7.04. The summed E-state index contributed by atoms with van der Waals surface area (Å²) in [6.45, 7) is 0.821. The van der Waals surface area contributed by atoms with E-state index in [-0.39, 0.29) is 24.1 Å². The van der Waals surface area contributed by atoms with E-state index in [9.17, 15) is 18.4 Å². The van der Waals surface area contributed by atoms with Crippen molar-refractivity contribution < 1.29 is 23.1 Å². The van der Waals surface area contributed by atoms with Gasteiger partial charge in [-0.2, -0.15) is 0 Å². The maximum absolute atomic E-state index is 13.6. The van der Waals surface area contributed by atoms with E-state index in [1.807, 2.05) is 0 Å². The molecule has 0 saturated carbocycles. The highest BCUT2D eigenvalue weighted by atomic mass is 19.1. The number of nitrogens with one attached hydrogen (secondary N) is 1. The van der Waals surface area contributed by atoms with Gasteiger partial charge in [0.1, 0.15) is 18.2 Å². The Balaban J connectivity index is 1.91. The monoisotopic (exact) mass is 312 g/mol. The number of hydrogen-bond donors (Lipinski definition) is 1. The smallest absolute Gasteiger partial charge is 0.256 e. The van der Waals surface area contributed by atoms with Crippen LogP contribution < -0.4 is 5.32 Å². The summed E-state index contributed by atoms with van der Waals surface area (Å²) >= 11 is 0. The van der Waals surface area contributed by atoms with Crippen LogP contribution in [0.1, 0.15) is 23.2 Å².